The van der Waals surface area contributed by atoms with E-state index in [-0.39, 0.29) is 29.1 Å². The molecule has 4 rings (SSSR count). The third-order valence-electron chi connectivity index (χ3n) is 5.04. The number of non-ortho nitro benzene ring substituents is 1. The molecule has 2 heterocycles. The second-order valence-electron chi connectivity index (χ2n) is 9.53. The van der Waals surface area contributed by atoms with Crippen LogP contribution < -0.4 is 5.73 Å². The molecule has 2 aromatic heterocycles. The maximum absolute atomic E-state index is 10.6. The number of nitrogens with zero attached hydrogens (tertiary/aromatic N) is 3. The van der Waals surface area contributed by atoms with E-state index in [1.807, 2.05) is 24.4 Å². The number of benzene rings is 2. The standard InChI is InChI=1S/C12H14N2O2.C12H16N2.CH4/c1-12(2,3)13-7-6-9-8-10(14(15)16)4-5-11(9)13;1-12(2,3)14-7-6-9-8-10(13)4-5-11(9)14;/h4-8H,1-3H3;4-8H,13H2,1-3H3;1H4. The highest BCUT2D eigenvalue weighted by atomic mass is 16.6. The lowest BCUT2D eigenvalue weighted by Gasteiger charge is -2.22. The first-order chi connectivity index (χ1) is 13.9. The topological polar surface area (TPSA) is 79.0 Å². The zero-order valence-electron chi connectivity index (χ0n) is 18.5. The molecule has 0 amide bonds. The van der Waals surface area contributed by atoms with E-state index in [0.717, 1.165) is 16.6 Å². The van der Waals surface area contributed by atoms with Crippen LogP contribution in [0.2, 0.25) is 0 Å². The zero-order chi connectivity index (χ0) is 22.3. The Morgan fingerprint density at radius 2 is 1.23 bits per heavy atom. The smallest absolute Gasteiger partial charge is 0.270 e. The summed E-state index contributed by atoms with van der Waals surface area (Å²) in [6.45, 7) is 12.9. The van der Waals surface area contributed by atoms with Gasteiger partial charge in [-0.2, -0.15) is 0 Å². The van der Waals surface area contributed by atoms with Crippen molar-refractivity contribution in [1.29, 1.82) is 0 Å². The molecule has 4 aromatic rings. The average Bonchev–Trinajstić information content (AvgIpc) is 3.24. The highest BCUT2D eigenvalue weighted by molar-refractivity contribution is 5.84. The number of nitrogen functional groups attached to an aromatic ring is 1. The molecule has 0 atom stereocenters. The van der Waals surface area contributed by atoms with Crippen LogP contribution in [0.25, 0.3) is 21.8 Å². The van der Waals surface area contributed by atoms with Gasteiger partial charge in [-0.3, -0.25) is 10.1 Å². The predicted molar refractivity (Wildman–Crippen MR) is 132 cm³/mol. The molecule has 0 spiro atoms. The molecule has 31 heavy (non-hydrogen) atoms. The number of nitrogens with two attached hydrogens (primary N) is 1. The number of anilines is 1. The molecule has 0 aliphatic carbocycles. The van der Waals surface area contributed by atoms with Gasteiger partial charge in [-0.25, -0.2) is 0 Å². The number of aromatic nitrogens is 2. The van der Waals surface area contributed by atoms with Crippen LogP contribution in [0, 0.1) is 10.1 Å². The van der Waals surface area contributed by atoms with Crippen molar-refractivity contribution in [3.8, 4) is 0 Å². The number of nitro groups is 1. The fourth-order valence-electron chi connectivity index (χ4n) is 3.57. The fraction of sp³-hybridized carbons (Fsp3) is 0.360. The molecular weight excluding hydrogens is 388 g/mol. The van der Waals surface area contributed by atoms with Gasteiger partial charge in [-0.1, -0.05) is 7.43 Å². The first-order valence-electron chi connectivity index (χ1n) is 10.0. The SMILES string of the molecule is C.CC(C)(C)n1ccc2cc(N)ccc21.CC(C)(C)n1ccc2cc([N+](=O)[O-])ccc21. The van der Waals surface area contributed by atoms with Gasteiger partial charge in [0, 0.05) is 63.1 Å². The van der Waals surface area contributed by atoms with Crippen LogP contribution in [0.15, 0.2) is 60.9 Å². The van der Waals surface area contributed by atoms with Gasteiger partial charge >= 0.3 is 0 Å². The summed E-state index contributed by atoms with van der Waals surface area (Å²) in [5.41, 5.74) is 9.07. The van der Waals surface area contributed by atoms with Crippen LogP contribution in [-0.4, -0.2) is 14.1 Å². The average molecular weight is 423 g/mol. The molecule has 6 nitrogen and oxygen atoms in total. The minimum Gasteiger partial charge on any atom is -0.399 e. The number of hydrogen-bond donors (Lipinski definition) is 1. The molecule has 2 N–H and O–H groups in total. The lowest BCUT2D eigenvalue weighted by Crippen LogP contribution is -2.20. The summed E-state index contributed by atoms with van der Waals surface area (Å²) < 4.78 is 4.38. The summed E-state index contributed by atoms with van der Waals surface area (Å²) in [5.74, 6) is 0. The van der Waals surface area contributed by atoms with Gasteiger partial charge in [0.2, 0.25) is 0 Å². The molecule has 0 radical (unpaired) electrons. The van der Waals surface area contributed by atoms with Crippen molar-refractivity contribution in [1.82, 2.24) is 9.13 Å². The van der Waals surface area contributed by atoms with Crippen molar-refractivity contribution in [3.63, 3.8) is 0 Å². The lowest BCUT2D eigenvalue weighted by molar-refractivity contribution is -0.384. The van der Waals surface area contributed by atoms with E-state index in [1.54, 1.807) is 18.2 Å². The Labute approximate surface area is 184 Å². The minimum atomic E-state index is -0.367. The summed E-state index contributed by atoms with van der Waals surface area (Å²) >= 11 is 0. The molecule has 6 heteroatoms. The van der Waals surface area contributed by atoms with E-state index < -0.39 is 0 Å². The van der Waals surface area contributed by atoms with Gasteiger partial charge in [0.15, 0.2) is 0 Å². The largest absolute Gasteiger partial charge is 0.399 e. The minimum absolute atomic E-state index is 0. The molecule has 0 saturated carbocycles. The van der Waals surface area contributed by atoms with Crippen LogP contribution in [0.3, 0.4) is 0 Å². The Kier molecular flexibility index (Phi) is 6.54. The summed E-state index contributed by atoms with van der Waals surface area (Å²) in [6.07, 6.45) is 4.08. The van der Waals surface area contributed by atoms with Gasteiger partial charge in [0.25, 0.3) is 5.69 Å². The normalized spacial score (nSPS) is 11.7. The van der Waals surface area contributed by atoms with E-state index >= 15 is 0 Å². The van der Waals surface area contributed by atoms with Crippen molar-refractivity contribution >= 4 is 33.2 Å². The quantitative estimate of drug-likeness (QED) is 0.205. The molecule has 2 aromatic carbocycles. The highest BCUT2D eigenvalue weighted by Gasteiger charge is 2.16. The van der Waals surface area contributed by atoms with Gasteiger partial charge in [-0.05, 0) is 77.9 Å². The number of nitro benzene ring substituents is 1. The second-order valence-corrected chi connectivity index (χ2v) is 9.53. The first-order valence-corrected chi connectivity index (χ1v) is 10.0. The van der Waals surface area contributed by atoms with Crippen molar-refractivity contribution in [2.24, 2.45) is 0 Å². The van der Waals surface area contributed by atoms with E-state index in [0.29, 0.717) is 0 Å². The van der Waals surface area contributed by atoms with Crippen LogP contribution in [-0.2, 0) is 11.1 Å². The van der Waals surface area contributed by atoms with E-state index in [4.69, 9.17) is 5.73 Å². The summed E-state index contributed by atoms with van der Waals surface area (Å²) in [6, 6.07) is 15.0. The Bertz CT molecular complexity index is 1200. The van der Waals surface area contributed by atoms with Crippen molar-refractivity contribution in [2.45, 2.75) is 60.0 Å². The number of hydrogen-bond acceptors (Lipinski definition) is 3. The molecule has 0 bridgehead atoms. The Morgan fingerprint density at radius 3 is 1.68 bits per heavy atom. The Hall–Kier alpha value is -3.28. The second kappa shape index (κ2) is 8.46. The third-order valence-corrected chi connectivity index (χ3v) is 5.04. The molecular formula is C25H34N4O2. The number of fused-ring (bicyclic) bond motifs is 2. The maximum atomic E-state index is 10.6. The van der Waals surface area contributed by atoms with Gasteiger partial charge < -0.3 is 14.9 Å². The monoisotopic (exact) mass is 422 g/mol. The molecule has 0 saturated heterocycles. The van der Waals surface area contributed by atoms with Crippen LogP contribution in [0.4, 0.5) is 11.4 Å². The van der Waals surface area contributed by atoms with Crippen LogP contribution >= 0.6 is 0 Å². The van der Waals surface area contributed by atoms with Crippen molar-refractivity contribution in [2.75, 3.05) is 5.73 Å². The summed E-state index contributed by atoms with van der Waals surface area (Å²) in [4.78, 5) is 10.3. The Balaban J connectivity index is 0.000000215. The predicted octanol–water partition coefficient (Wildman–Crippen LogP) is 6.92. The van der Waals surface area contributed by atoms with Crippen molar-refractivity contribution in [3.05, 3.63) is 71.0 Å². The molecule has 0 aliphatic heterocycles. The van der Waals surface area contributed by atoms with Crippen LogP contribution in [0.5, 0.6) is 0 Å². The molecule has 0 aliphatic rings. The van der Waals surface area contributed by atoms with E-state index in [9.17, 15) is 10.1 Å². The molecule has 0 fully saturated rings. The summed E-state index contributed by atoms with van der Waals surface area (Å²) in [5, 5.41) is 12.8. The van der Waals surface area contributed by atoms with Gasteiger partial charge in [0.1, 0.15) is 0 Å². The molecule has 166 valence electrons. The zero-order valence-corrected chi connectivity index (χ0v) is 18.5. The first kappa shape index (κ1) is 24.0. The summed E-state index contributed by atoms with van der Waals surface area (Å²) in [7, 11) is 0. The lowest BCUT2D eigenvalue weighted by atomic mass is 10.1. The highest BCUT2D eigenvalue weighted by Crippen LogP contribution is 2.27. The van der Waals surface area contributed by atoms with Crippen molar-refractivity contribution < 1.29 is 4.92 Å². The number of rotatable bonds is 1. The third kappa shape index (κ3) is 5.08. The molecule has 0 unspecified atom stereocenters. The van der Waals surface area contributed by atoms with Crippen LogP contribution in [0.1, 0.15) is 49.0 Å². The maximum Gasteiger partial charge on any atom is 0.270 e. The van der Waals surface area contributed by atoms with Gasteiger partial charge in [0.05, 0.1) is 4.92 Å². The van der Waals surface area contributed by atoms with Gasteiger partial charge in [-0.15, -0.1) is 0 Å². The van der Waals surface area contributed by atoms with E-state index in [2.05, 4.69) is 69.0 Å². The van der Waals surface area contributed by atoms with E-state index in [1.165, 1.54) is 10.9 Å². The Morgan fingerprint density at radius 1 is 0.774 bits per heavy atom. The fourth-order valence-corrected chi connectivity index (χ4v) is 3.57.